The average molecular weight is 984 g/mol. The Morgan fingerprint density at radius 3 is 1.88 bits per heavy atom. The number of benzene rings is 8. The topological polar surface area (TPSA) is 113 Å². The third kappa shape index (κ3) is 9.30. The van der Waals surface area contributed by atoms with Crippen molar-refractivity contribution in [1.29, 1.82) is 0 Å². The minimum atomic E-state index is -1.67. The van der Waals surface area contributed by atoms with Crippen molar-refractivity contribution in [1.82, 2.24) is 14.2 Å². The highest BCUT2D eigenvalue weighted by Crippen LogP contribution is 2.51. The number of hydrogen-bond donors (Lipinski definition) is 1. The predicted molar refractivity (Wildman–Crippen MR) is 289 cm³/mol. The standard InChI is InChI=1S/C60H62N3O8P/c1-38(2)63(39(3)4)72(69-34-14-17-41-24-33-52-50-22-12-16-42-15-11-21-49(56(42)50)51-23-13-20-48(41)57(51)52)71-53-35-55(62-36-40(5)58(64)61-59(62)65)70-54(53)37-68-60(43-18-9-8-10-19-43,44-25-29-46(66-6)30-26-44)45-27-31-47(67-7)32-28-45/h8-13,15-16,18-33,36,38-39,53-55H,14,17,34-35,37H2,1-7H3,(H,61,64,65)/t53-,54+,55+,72?/m0/s1. The normalized spacial score (nSPS) is 16.8. The fourth-order valence-corrected chi connectivity index (χ4v) is 12.6. The number of nitrogens with zero attached hydrogens (tertiary/aromatic N) is 2. The number of nitrogens with one attached hydrogen (secondary N) is 1. The lowest BCUT2D eigenvalue weighted by atomic mass is 9.80. The third-order valence-corrected chi connectivity index (χ3v) is 16.3. The van der Waals surface area contributed by atoms with E-state index in [0.717, 1.165) is 29.5 Å². The molecule has 4 atom stereocenters. The van der Waals surface area contributed by atoms with Gasteiger partial charge in [0.25, 0.3) is 14.1 Å². The summed E-state index contributed by atoms with van der Waals surface area (Å²) in [4.78, 5) is 28.6. The molecule has 12 heteroatoms. The zero-order valence-electron chi connectivity index (χ0n) is 42.0. The second-order valence-corrected chi connectivity index (χ2v) is 20.7. The Morgan fingerprint density at radius 1 is 0.694 bits per heavy atom. The van der Waals surface area contributed by atoms with Crippen LogP contribution in [0.5, 0.6) is 11.5 Å². The van der Waals surface area contributed by atoms with E-state index in [1.165, 1.54) is 53.2 Å². The summed E-state index contributed by atoms with van der Waals surface area (Å²) in [6.45, 7) is 10.8. The quantitative estimate of drug-likeness (QED) is 0.0278. The van der Waals surface area contributed by atoms with Gasteiger partial charge in [0.1, 0.15) is 29.4 Å². The van der Waals surface area contributed by atoms with Crippen molar-refractivity contribution in [2.75, 3.05) is 27.4 Å². The number of aryl methyl sites for hydroxylation is 2. The summed E-state index contributed by atoms with van der Waals surface area (Å²) in [6.07, 6.45) is 1.40. The summed E-state index contributed by atoms with van der Waals surface area (Å²) in [5.74, 6) is 1.43. The van der Waals surface area contributed by atoms with Crippen LogP contribution < -0.4 is 20.7 Å². The molecule has 8 aromatic carbocycles. The van der Waals surface area contributed by atoms with Gasteiger partial charge < -0.3 is 28.0 Å². The van der Waals surface area contributed by atoms with Crippen molar-refractivity contribution < 1.29 is 28.0 Å². The summed E-state index contributed by atoms with van der Waals surface area (Å²) >= 11 is 0. The van der Waals surface area contributed by atoms with Gasteiger partial charge in [-0.05, 0) is 137 Å². The maximum atomic E-state index is 13.5. The number of H-pyrrole nitrogens is 1. The van der Waals surface area contributed by atoms with E-state index in [1.807, 2.05) is 66.7 Å². The van der Waals surface area contributed by atoms with Crippen LogP contribution in [0.4, 0.5) is 0 Å². The molecule has 0 bridgehead atoms. The Labute approximate surface area is 421 Å². The smallest absolute Gasteiger partial charge is 0.330 e. The van der Waals surface area contributed by atoms with E-state index in [2.05, 4.69) is 116 Å². The molecule has 0 radical (unpaired) electrons. The van der Waals surface area contributed by atoms with E-state index in [4.69, 9.17) is 28.0 Å². The minimum absolute atomic E-state index is 0.0573. The van der Waals surface area contributed by atoms with Crippen LogP contribution in [0.25, 0.3) is 43.1 Å². The highest BCUT2D eigenvalue weighted by atomic mass is 31.2. The summed E-state index contributed by atoms with van der Waals surface area (Å²) in [5, 5.41) is 10.2. The van der Waals surface area contributed by atoms with Crippen LogP contribution in [-0.4, -0.2) is 65.9 Å². The van der Waals surface area contributed by atoms with Crippen molar-refractivity contribution in [3.8, 4) is 11.5 Å². The first kappa shape index (κ1) is 49.2. The van der Waals surface area contributed by atoms with Gasteiger partial charge in [-0.2, -0.15) is 0 Å². The SMILES string of the molecule is COc1ccc(C(OC[C@H]2O[C@@H](n3cc(C)c(=O)[nH]c3=O)C[C@@H]2OP(OCCCc2ccc3c4cccc5cccc(c6cccc2c63)c54)N(C(C)C)C(C)C)(c2ccccc2)c2ccc(OC)cc2)cc1. The highest BCUT2D eigenvalue weighted by Gasteiger charge is 2.45. The van der Waals surface area contributed by atoms with Crippen LogP contribution in [0.1, 0.15) is 74.6 Å². The van der Waals surface area contributed by atoms with Gasteiger partial charge in [0.15, 0.2) is 0 Å². The molecule has 1 aromatic heterocycles. The predicted octanol–water partition coefficient (Wildman–Crippen LogP) is 12.6. The van der Waals surface area contributed by atoms with E-state index < -0.39 is 43.8 Å². The van der Waals surface area contributed by atoms with Gasteiger partial charge in [0, 0.05) is 30.3 Å². The Morgan fingerprint density at radius 2 is 1.26 bits per heavy atom. The molecule has 10 rings (SSSR count). The molecular formula is C60H62N3O8P. The van der Waals surface area contributed by atoms with E-state index in [9.17, 15) is 9.59 Å². The summed E-state index contributed by atoms with van der Waals surface area (Å²) < 4.78 is 43.5. The molecule has 0 saturated carbocycles. The van der Waals surface area contributed by atoms with Gasteiger partial charge in [0.05, 0.1) is 33.5 Å². The lowest BCUT2D eigenvalue weighted by molar-refractivity contribution is -0.0926. The molecule has 11 nitrogen and oxygen atoms in total. The van der Waals surface area contributed by atoms with Crippen LogP contribution in [0.2, 0.25) is 0 Å². The highest BCUT2D eigenvalue weighted by molar-refractivity contribution is 7.44. The maximum Gasteiger partial charge on any atom is 0.330 e. The number of methoxy groups -OCH3 is 2. The van der Waals surface area contributed by atoms with Crippen molar-refractivity contribution in [2.24, 2.45) is 0 Å². The Balaban J connectivity index is 0.973. The fourth-order valence-electron chi connectivity index (χ4n) is 10.8. The van der Waals surface area contributed by atoms with E-state index in [-0.39, 0.29) is 18.7 Å². The summed E-state index contributed by atoms with van der Waals surface area (Å²) in [6, 6.07) is 50.6. The number of aromatic amines is 1. The molecule has 0 amide bonds. The first-order chi connectivity index (χ1) is 35.0. The number of rotatable bonds is 19. The molecule has 1 unspecified atom stereocenters. The molecule has 1 N–H and O–H groups in total. The summed E-state index contributed by atoms with van der Waals surface area (Å²) in [7, 11) is 1.63. The molecular weight excluding hydrogens is 922 g/mol. The third-order valence-electron chi connectivity index (χ3n) is 14.2. The Bertz CT molecular complexity index is 3330. The molecule has 0 spiro atoms. The maximum absolute atomic E-state index is 13.5. The van der Waals surface area contributed by atoms with Crippen molar-refractivity contribution in [2.45, 2.75) is 90.0 Å². The second-order valence-electron chi connectivity index (χ2n) is 19.3. The zero-order valence-corrected chi connectivity index (χ0v) is 42.9. The second kappa shape index (κ2) is 21.0. The first-order valence-electron chi connectivity index (χ1n) is 24.9. The van der Waals surface area contributed by atoms with Crippen molar-refractivity contribution >= 4 is 51.6 Å². The largest absolute Gasteiger partial charge is 0.497 e. The molecule has 2 heterocycles. The molecule has 1 fully saturated rings. The fraction of sp³-hybridized carbons (Fsp3) is 0.300. The Kier molecular flexibility index (Phi) is 14.3. The Hall–Kier alpha value is -6.43. The number of aromatic nitrogens is 2. The van der Waals surface area contributed by atoms with E-state index >= 15 is 0 Å². The zero-order chi connectivity index (χ0) is 50.1. The molecule has 370 valence electrons. The van der Waals surface area contributed by atoms with Crippen LogP contribution in [-0.2, 0) is 30.5 Å². The molecule has 0 aliphatic carbocycles. The average Bonchev–Trinajstić information content (AvgIpc) is 3.80. The van der Waals surface area contributed by atoms with Gasteiger partial charge in [0.2, 0.25) is 0 Å². The van der Waals surface area contributed by atoms with Crippen molar-refractivity contribution in [3.63, 3.8) is 0 Å². The van der Waals surface area contributed by atoms with Gasteiger partial charge in [-0.15, -0.1) is 0 Å². The van der Waals surface area contributed by atoms with E-state index in [1.54, 1.807) is 27.3 Å². The lowest BCUT2D eigenvalue weighted by Gasteiger charge is -2.39. The van der Waals surface area contributed by atoms with Crippen LogP contribution in [0.3, 0.4) is 0 Å². The van der Waals surface area contributed by atoms with Gasteiger partial charge in [-0.1, -0.05) is 121 Å². The van der Waals surface area contributed by atoms with Crippen LogP contribution in [0, 0.1) is 6.92 Å². The van der Waals surface area contributed by atoms with Gasteiger partial charge in [-0.25, -0.2) is 9.46 Å². The van der Waals surface area contributed by atoms with Gasteiger partial charge >= 0.3 is 5.69 Å². The minimum Gasteiger partial charge on any atom is -0.497 e. The molecule has 1 aliphatic rings. The van der Waals surface area contributed by atoms with E-state index in [0.29, 0.717) is 30.1 Å². The molecule has 72 heavy (non-hydrogen) atoms. The van der Waals surface area contributed by atoms with Crippen LogP contribution >= 0.6 is 8.53 Å². The van der Waals surface area contributed by atoms with Gasteiger partial charge in [-0.3, -0.25) is 14.3 Å². The first-order valence-corrected chi connectivity index (χ1v) is 26.0. The monoisotopic (exact) mass is 983 g/mol. The number of hydrogen-bond acceptors (Lipinski definition) is 9. The number of ether oxygens (including phenoxy) is 4. The van der Waals surface area contributed by atoms with Crippen molar-refractivity contribution in [3.05, 3.63) is 200 Å². The molecule has 1 saturated heterocycles. The summed E-state index contributed by atoms with van der Waals surface area (Å²) in [5.41, 5.74) is 2.17. The number of fused-ring (bicyclic) bond motifs is 2. The molecule has 1 aliphatic heterocycles. The molecule has 9 aromatic rings. The van der Waals surface area contributed by atoms with Crippen LogP contribution in [0.15, 0.2) is 161 Å². The lowest BCUT2D eigenvalue weighted by Crippen LogP contribution is -2.39.